The van der Waals surface area contributed by atoms with Crippen LogP contribution in [0.1, 0.15) is 23.6 Å². The van der Waals surface area contributed by atoms with Gasteiger partial charge in [0.1, 0.15) is 0 Å². The molecule has 1 unspecified atom stereocenters. The third kappa shape index (κ3) is 4.54. The van der Waals surface area contributed by atoms with Crippen LogP contribution in [0.5, 0.6) is 0 Å². The van der Waals surface area contributed by atoms with E-state index in [4.69, 9.17) is 0 Å². The zero-order valence-corrected chi connectivity index (χ0v) is 12.7. The first kappa shape index (κ1) is 16.5. The maximum absolute atomic E-state index is 12.0. The van der Waals surface area contributed by atoms with Crippen LogP contribution in [-0.4, -0.2) is 21.6 Å². The molecule has 120 valence electrons. The second kappa shape index (κ2) is 7.40. The van der Waals surface area contributed by atoms with Crippen LogP contribution in [0.2, 0.25) is 0 Å². The zero-order valence-electron chi connectivity index (χ0n) is 12.7. The largest absolute Gasteiger partial charge is 0.479 e. The molecule has 0 saturated heterocycles. The molecule has 23 heavy (non-hydrogen) atoms. The van der Waals surface area contributed by atoms with Crippen molar-refractivity contribution >= 4 is 11.9 Å². The number of pyridine rings is 1. The van der Waals surface area contributed by atoms with Crippen molar-refractivity contribution in [3.05, 3.63) is 70.1 Å². The first-order valence-electron chi connectivity index (χ1n) is 7.21. The van der Waals surface area contributed by atoms with Gasteiger partial charge in [-0.15, -0.1) is 0 Å². The van der Waals surface area contributed by atoms with Crippen molar-refractivity contribution < 1.29 is 14.7 Å². The summed E-state index contributed by atoms with van der Waals surface area (Å²) in [5, 5.41) is 11.8. The van der Waals surface area contributed by atoms with Crippen LogP contribution in [-0.2, 0) is 16.1 Å². The number of carbonyl (C=O) groups is 2. The van der Waals surface area contributed by atoms with Crippen molar-refractivity contribution in [2.75, 3.05) is 0 Å². The Hall–Kier alpha value is -2.89. The molecule has 0 spiro atoms. The Labute approximate surface area is 133 Å². The number of rotatable bonds is 6. The number of hydrogen-bond donors (Lipinski definition) is 2. The van der Waals surface area contributed by atoms with Gasteiger partial charge in [0.25, 0.3) is 5.56 Å². The number of amides is 1. The average Bonchev–Trinajstić information content (AvgIpc) is 2.54. The fourth-order valence-corrected chi connectivity index (χ4v) is 2.21. The van der Waals surface area contributed by atoms with E-state index in [-0.39, 0.29) is 18.5 Å². The van der Waals surface area contributed by atoms with Gasteiger partial charge in [0.15, 0.2) is 6.04 Å². The van der Waals surface area contributed by atoms with Crippen LogP contribution in [0.4, 0.5) is 0 Å². The molecule has 0 fully saturated rings. The van der Waals surface area contributed by atoms with Gasteiger partial charge in [-0.05, 0) is 18.1 Å². The monoisotopic (exact) mass is 314 g/mol. The maximum atomic E-state index is 12.0. The fourth-order valence-electron chi connectivity index (χ4n) is 2.21. The average molecular weight is 314 g/mol. The SMILES string of the molecule is Cc1ccc(=O)n(CCC(=O)NC(C(=O)O)c2ccccc2)c1. The number of hydrogen-bond acceptors (Lipinski definition) is 3. The summed E-state index contributed by atoms with van der Waals surface area (Å²) in [4.78, 5) is 35.0. The lowest BCUT2D eigenvalue weighted by molar-refractivity contribution is -0.142. The van der Waals surface area contributed by atoms with Gasteiger partial charge < -0.3 is 15.0 Å². The lowest BCUT2D eigenvalue weighted by Crippen LogP contribution is -2.34. The minimum Gasteiger partial charge on any atom is -0.479 e. The number of carbonyl (C=O) groups excluding carboxylic acids is 1. The standard InChI is InChI=1S/C17H18N2O4/c1-12-7-8-15(21)19(11-12)10-9-14(20)18-16(17(22)23)13-5-3-2-4-6-13/h2-8,11,16H,9-10H2,1H3,(H,18,20)(H,22,23). The van der Waals surface area contributed by atoms with Gasteiger partial charge in [0, 0.05) is 25.2 Å². The second-order valence-corrected chi connectivity index (χ2v) is 5.24. The van der Waals surface area contributed by atoms with Crippen molar-refractivity contribution in [2.24, 2.45) is 0 Å². The molecule has 2 aromatic rings. The van der Waals surface area contributed by atoms with Gasteiger partial charge in [-0.3, -0.25) is 9.59 Å². The van der Waals surface area contributed by atoms with E-state index >= 15 is 0 Å². The Kier molecular flexibility index (Phi) is 5.30. The van der Waals surface area contributed by atoms with E-state index in [0.717, 1.165) is 5.56 Å². The van der Waals surface area contributed by atoms with E-state index in [0.29, 0.717) is 5.56 Å². The van der Waals surface area contributed by atoms with E-state index in [1.165, 1.54) is 10.6 Å². The van der Waals surface area contributed by atoms with Crippen molar-refractivity contribution in [1.29, 1.82) is 0 Å². The number of nitrogens with zero attached hydrogens (tertiary/aromatic N) is 1. The number of aryl methyl sites for hydroxylation is 2. The Morgan fingerprint density at radius 3 is 2.52 bits per heavy atom. The highest BCUT2D eigenvalue weighted by atomic mass is 16.4. The van der Waals surface area contributed by atoms with Crippen molar-refractivity contribution in [3.8, 4) is 0 Å². The highest BCUT2D eigenvalue weighted by Gasteiger charge is 2.21. The summed E-state index contributed by atoms with van der Waals surface area (Å²) < 4.78 is 1.44. The molecule has 1 heterocycles. The first-order chi connectivity index (χ1) is 11.0. The van der Waals surface area contributed by atoms with Crippen molar-refractivity contribution in [3.63, 3.8) is 0 Å². The summed E-state index contributed by atoms with van der Waals surface area (Å²) in [7, 11) is 0. The zero-order chi connectivity index (χ0) is 16.8. The quantitative estimate of drug-likeness (QED) is 0.845. The molecule has 0 radical (unpaired) electrons. The first-order valence-corrected chi connectivity index (χ1v) is 7.21. The maximum Gasteiger partial charge on any atom is 0.330 e. The third-order valence-electron chi connectivity index (χ3n) is 3.40. The molecule has 6 nitrogen and oxygen atoms in total. The van der Waals surface area contributed by atoms with Gasteiger partial charge in [0.05, 0.1) is 0 Å². The van der Waals surface area contributed by atoms with E-state index in [2.05, 4.69) is 5.32 Å². The summed E-state index contributed by atoms with van der Waals surface area (Å²) in [6.45, 7) is 2.05. The normalized spacial score (nSPS) is 11.7. The molecule has 2 rings (SSSR count). The second-order valence-electron chi connectivity index (χ2n) is 5.24. The van der Waals surface area contributed by atoms with Gasteiger partial charge in [-0.25, -0.2) is 4.79 Å². The summed E-state index contributed by atoms with van der Waals surface area (Å²) in [6.07, 6.45) is 1.70. The Morgan fingerprint density at radius 2 is 1.87 bits per heavy atom. The number of aliphatic carboxylic acids is 1. The number of benzene rings is 1. The summed E-state index contributed by atoms with van der Waals surface area (Å²) >= 11 is 0. The Morgan fingerprint density at radius 1 is 1.17 bits per heavy atom. The molecule has 1 atom stereocenters. The third-order valence-corrected chi connectivity index (χ3v) is 3.40. The van der Waals surface area contributed by atoms with Crippen LogP contribution in [0.3, 0.4) is 0 Å². The molecule has 0 saturated carbocycles. The molecule has 0 aliphatic heterocycles. The predicted molar refractivity (Wildman–Crippen MR) is 85.0 cm³/mol. The van der Waals surface area contributed by atoms with Gasteiger partial charge in [0.2, 0.25) is 5.91 Å². The molecule has 1 aromatic heterocycles. The number of carboxylic acid groups (broad SMARTS) is 1. The Balaban J connectivity index is 2.01. The molecule has 0 bridgehead atoms. The number of carboxylic acids is 1. The van der Waals surface area contributed by atoms with E-state index in [9.17, 15) is 19.5 Å². The number of nitrogens with one attached hydrogen (secondary N) is 1. The highest BCUT2D eigenvalue weighted by Crippen LogP contribution is 2.12. The van der Waals surface area contributed by atoms with Crippen LogP contribution in [0.15, 0.2) is 53.5 Å². The van der Waals surface area contributed by atoms with Crippen molar-refractivity contribution in [1.82, 2.24) is 9.88 Å². The molecular weight excluding hydrogens is 296 g/mol. The van der Waals surface area contributed by atoms with E-state index < -0.39 is 17.9 Å². The van der Waals surface area contributed by atoms with Crippen LogP contribution in [0.25, 0.3) is 0 Å². The van der Waals surface area contributed by atoms with Gasteiger partial charge in [-0.2, -0.15) is 0 Å². The van der Waals surface area contributed by atoms with Crippen LogP contribution < -0.4 is 10.9 Å². The predicted octanol–water partition coefficient (Wildman–Crippen LogP) is 1.49. The van der Waals surface area contributed by atoms with Crippen LogP contribution >= 0.6 is 0 Å². The fraction of sp³-hybridized carbons (Fsp3) is 0.235. The van der Waals surface area contributed by atoms with E-state index in [1.54, 1.807) is 42.6 Å². The molecular formula is C17H18N2O4. The molecule has 0 aliphatic rings. The summed E-state index contributed by atoms with van der Waals surface area (Å²) in [5.41, 5.74) is 1.22. The van der Waals surface area contributed by atoms with Crippen molar-refractivity contribution in [2.45, 2.75) is 25.9 Å². The highest BCUT2D eigenvalue weighted by molar-refractivity contribution is 5.84. The Bertz CT molecular complexity index is 753. The smallest absolute Gasteiger partial charge is 0.330 e. The molecule has 1 aromatic carbocycles. The minimum absolute atomic E-state index is 0.0278. The molecule has 6 heteroatoms. The summed E-state index contributed by atoms with van der Waals surface area (Å²) in [6, 6.07) is 10.5. The van der Waals surface area contributed by atoms with Crippen LogP contribution in [0, 0.1) is 6.92 Å². The van der Waals surface area contributed by atoms with E-state index in [1.807, 2.05) is 6.92 Å². The molecule has 2 N–H and O–H groups in total. The lowest BCUT2D eigenvalue weighted by atomic mass is 10.1. The summed E-state index contributed by atoms with van der Waals surface area (Å²) in [5.74, 6) is -1.55. The minimum atomic E-state index is -1.13. The molecule has 0 aliphatic carbocycles. The number of aromatic nitrogens is 1. The van der Waals surface area contributed by atoms with Gasteiger partial charge in [-0.1, -0.05) is 36.4 Å². The van der Waals surface area contributed by atoms with Gasteiger partial charge >= 0.3 is 5.97 Å². The topological polar surface area (TPSA) is 88.4 Å². The molecule has 1 amide bonds. The lowest BCUT2D eigenvalue weighted by Gasteiger charge is -2.15.